The molecule has 11 heteroatoms. The van der Waals surface area contributed by atoms with Crippen molar-refractivity contribution in [1.29, 1.82) is 0 Å². The summed E-state index contributed by atoms with van der Waals surface area (Å²) in [7, 11) is 0. The van der Waals surface area contributed by atoms with Gasteiger partial charge in [0, 0.05) is 27.5 Å². The first-order valence-electron chi connectivity index (χ1n) is 8.73. The number of benzene rings is 2. The standard InChI is InChI=1S/C19H14Cl2N6OS2/c20-13-6-12(7-14(21)9-13)8-16-10-22-18(30-16)23-17(28)11-29-19-24-25-26-27(19)15-4-2-1-3-5-15/h1-7,9-10H,8,11H2,(H,22,23,28). The number of amides is 1. The van der Waals surface area contributed by atoms with E-state index in [1.165, 1.54) is 23.1 Å². The number of carbonyl (C=O) groups excluding carboxylic acids is 1. The highest BCUT2D eigenvalue weighted by atomic mass is 35.5. The Morgan fingerprint density at radius 3 is 2.67 bits per heavy atom. The van der Waals surface area contributed by atoms with Gasteiger partial charge < -0.3 is 5.32 Å². The van der Waals surface area contributed by atoms with Gasteiger partial charge in [-0.25, -0.2) is 4.98 Å². The highest BCUT2D eigenvalue weighted by molar-refractivity contribution is 7.99. The maximum atomic E-state index is 12.3. The molecule has 0 atom stereocenters. The number of hydrogen-bond donors (Lipinski definition) is 1. The fourth-order valence-corrected chi connectivity index (χ4v) is 4.77. The number of nitrogens with one attached hydrogen (secondary N) is 1. The van der Waals surface area contributed by atoms with E-state index >= 15 is 0 Å². The molecule has 1 N–H and O–H groups in total. The first-order chi connectivity index (χ1) is 14.6. The van der Waals surface area contributed by atoms with Gasteiger partial charge in [0.2, 0.25) is 11.1 Å². The summed E-state index contributed by atoms with van der Waals surface area (Å²) in [6.45, 7) is 0. The van der Waals surface area contributed by atoms with E-state index in [0.717, 1.165) is 16.1 Å². The predicted octanol–water partition coefficient (Wildman–Crippen LogP) is 4.75. The van der Waals surface area contributed by atoms with E-state index in [1.807, 2.05) is 42.5 Å². The van der Waals surface area contributed by atoms with Gasteiger partial charge in [0.25, 0.3) is 0 Å². The summed E-state index contributed by atoms with van der Waals surface area (Å²) >= 11 is 14.7. The van der Waals surface area contributed by atoms with Crippen molar-refractivity contribution in [3.8, 4) is 5.69 Å². The first-order valence-corrected chi connectivity index (χ1v) is 11.3. The number of thiazole rings is 1. The Bertz CT molecular complexity index is 1140. The fourth-order valence-electron chi connectivity index (χ4n) is 2.65. The second-order valence-electron chi connectivity index (χ2n) is 6.13. The van der Waals surface area contributed by atoms with Crippen molar-refractivity contribution in [2.45, 2.75) is 11.6 Å². The first kappa shape index (κ1) is 20.8. The highest BCUT2D eigenvalue weighted by Gasteiger charge is 2.13. The molecule has 0 bridgehead atoms. The second-order valence-corrected chi connectivity index (χ2v) is 9.06. The molecular formula is C19H14Cl2N6OS2. The van der Waals surface area contributed by atoms with Gasteiger partial charge in [-0.3, -0.25) is 4.79 Å². The molecule has 0 unspecified atom stereocenters. The molecule has 1 amide bonds. The number of halogens is 2. The van der Waals surface area contributed by atoms with Gasteiger partial charge in [-0.1, -0.05) is 53.2 Å². The average Bonchev–Trinajstić information content (AvgIpc) is 3.35. The SMILES string of the molecule is O=C(CSc1nnnn1-c1ccccc1)Nc1ncc(Cc2cc(Cl)cc(Cl)c2)s1. The van der Waals surface area contributed by atoms with Crippen molar-refractivity contribution < 1.29 is 4.79 Å². The second kappa shape index (κ2) is 9.57. The molecule has 4 aromatic rings. The van der Waals surface area contributed by atoms with Crippen molar-refractivity contribution in [3.05, 3.63) is 75.2 Å². The van der Waals surface area contributed by atoms with Crippen LogP contribution in [-0.4, -0.2) is 36.9 Å². The molecule has 2 heterocycles. The van der Waals surface area contributed by atoms with E-state index < -0.39 is 0 Å². The normalized spacial score (nSPS) is 10.9. The van der Waals surface area contributed by atoms with Crippen LogP contribution >= 0.6 is 46.3 Å². The summed E-state index contributed by atoms with van der Waals surface area (Å²) in [6, 6.07) is 14.9. The molecule has 2 aromatic carbocycles. The van der Waals surface area contributed by atoms with Crippen molar-refractivity contribution in [2.75, 3.05) is 11.1 Å². The van der Waals surface area contributed by atoms with Crippen LogP contribution in [0.25, 0.3) is 5.69 Å². The number of thioether (sulfide) groups is 1. The molecule has 0 saturated heterocycles. The van der Waals surface area contributed by atoms with E-state index in [2.05, 4.69) is 25.8 Å². The number of para-hydroxylation sites is 1. The quantitative estimate of drug-likeness (QED) is 0.387. The minimum Gasteiger partial charge on any atom is -0.301 e. The Kier molecular flexibility index (Phi) is 6.63. The van der Waals surface area contributed by atoms with E-state index in [0.29, 0.717) is 26.8 Å². The maximum absolute atomic E-state index is 12.3. The largest absolute Gasteiger partial charge is 0.301 e. The van der Waals surface area contributed by atoms with Gasteiger partial charge in [0.1, 0.15) is 0 Å². The number of anilines is 1. The molecule has 0 spiro atoms. The lowest BCUT2D eigenvalue weighted by molar-refractivity contribution is -0.113. The zero-order chi connectivity index (χ0) is 20.9. The molecule has 0 fully saturated rings. The Morgan fingerprint density at radius 2 is 1.90 bits per heavy atom. The Balaban J connectivity index is 1.34. The molecule has 0 aliphatic heterocycles. The van der Waals surface area contributed by atoms with Gasteiger partial charge in [-0.05, 0) is 46.3 Å². The summed E-state index contributed by atoms with van der Waals surface area (Å²) in [5.74, 6) is -0.0271. The van der Waals surface area contributed by atoms with E-state index in [9.17, 15) is 4.79 Å². The lowest BCUT2D eigenvalue weighted by Crippen LogP contribution is -2.14. The van der Waals surface area contributed by atoms with E-state index in [-0.39, 0.29) is 11.7 Å². The Morgan fingerprint density at radius 1 is 1.13 bits per heavy atom. The number of nitrogens with zero attached hydrogens (tertiary/aromatic N) is 5. The minimum absolute atomic E-state index is 0.159. The molecule has 7 nitrogen and oxygen atoms in total. The maximum Gasteiger partial charge on any atom is 0.236 e. The van der Waals surface area contributed by atoms with Crippen LogP contribution in [0.3, 0.4) is 0 Å². The van der Waals surface area contributed by atoms with Crippen LogP contribution < -0.4 is 5.32 Å². The summed E-state index contributed by atoms with van der Waals surface area (Å²) in [6.07, 6.45) is 2.37. The van der Waals surface area contributed by atoms with E-state index in [4.69, 9.17) is 23.2 Å². The van der Waals surface area contributed by atoms with Crippen LogP contribution in [0.4, 0.5) is 5.13 Å². The van der Waals surface area contributed by atoms with Crippen LogP contribution in [0, 0.1) is 0 Å². The van der Waals surface area contributed by atoms with Crippen LogP contribution in [0.5, 0.6) is 0 Å². The minimum atomic E-state index is -0.186. The molecule has 0 aliphatic rings. The number of tetrazole rings is 1. The van der Waals surface area contributed by atoms with Crippen molar-refractivity contribution >= 4 is 57.3 Å². The zero-order valence-corrected chi connectivity index (χ0v) is 18.5. The third kappa shape index (κ3) is 5.37. The summed E-state index contributed by atoms with van der Waals surface area (Å²) < 4.78 is 1.59. The van der Waals surface area contributed by atoms with Gasteiger partial charge in [0.15, 0.2) is 5.13 Å². The lowest BCUT2D eigenvalue weighted by atomic mass is 10.1. The molecule has 0 saturated carbocycles. The van der Waals surface area contributed by atoms with Gasteiger partial charge in [-0.15, -0.1) is 16.4 Å². The molecule has 30 heavy (non-hydrogen) atoms. The number of carbonyl (C=O) groups is 1. The molecule has 4 rings (SSSR count). The zero-order valence-electron chi connectivity index (χ0n) is 15.3. The van der Waals surface area contributed by atoms with E-state index in [1.54, 1.807) is 16.9 Å². The summed E-state index contributed by atoms with van der Waals surface area (Å²) in [5.41, 5.74) is 1.81. The fraction of sp³-hybridized carbons (Fsp3) is 0.105. The molecular weight excluding hydrogens is 463 g/mol. The lowest BCUT2D eigenvalue weighted by Gasteiger charge is -2.04. The summed E-state index contributed by atoms with van der Waals surface area (Å²) in [4.78, 5) is 17.6. The van der Waals surface area contributed by atoms with Crippen LogP contribution in [-0.2, 0) is 11.2 Å². The molecule has 0 aliphatic carbocycles. The predicted molar refractivity (Wildman–Crippen MR) is 120 cm³/mol. The van der Waals surface area contributed by atoms with Crippen molar-refractivity contribution in [3.63, 3.8) is 0 Å². The number of aromatic nitrogens is 5. The van der Waals surface area contributed by atoms with Gasteiger partial charge in [-0.2, -0.15) is 4.68 Å². The topological polar surface area (TPSA) is 85.6 Å². The van der Waals surface area contributed by atoms with Crippen molar-refractivity contribution in [1.82, 2.24) is 25.2 Å². The van der Waals surface area contributed by atoms with Gasteiger partial charge >= 0.3 is 0 Å². The van der Waals surface area contributed by atoms with Crippen LogP contribution in [0.2, 0.25) is 10.0 Å². The smallest absolute Gasteiger partial charge is 0.236 e. The Labute approximate surface area is 190 Å². The molecule has 2 aromatic heterocycles. The number of hydrogen-bond acceptors (Lipinski definition) is 7. The van der Waals surface area contributed by atoms with Crippen molar-refractivity contribution in [2.24, 2.45) is 0 Å². The summed E-state index contributed by atoms with van der Waals surface area (Å²) in [5, 5.41) is 16.7. The molecule has 152 valence electrons. The van der Waals surface area contributed by atoms with Crippen LogP contribution in [0.1, 0.15) is 10.4 Å². The highest BCUT2D eigenvalue weighted by Crippen LogP contribution is 2.25. The van der Waals surface area contributed by atoms with Gasteiger partial charge in [0.05, 0.1) is 11.4 Å². The molecule has 0 radical (unpaired) electrons. The third-order valence-electron chi connectivity index (χ3n) is 3.87. The Hall–Kier alpha value is -2.46. The monoisotopic (exact) mass is 476 g/mol. The number of rotatable bonds is 7. The third-order valence-corrected chi connectivity index (χ3v) is 6.14. The average molecular weight is 477 g/mol. The van der Waals surface area contributed by atoms with Crippen LogP contribution in [0.15, 0.2) is 59.9 Å².